The molecule has 1 saturated carbocycles. The van der Waals surface area contributed by atoms with Gasteiger partial charge >= 0.3 is 0 Å². The first-order chi connectivity index (χ1) is 10.3. The Balaban J connectivity index is 1.99. The third-order valence-electron chi connectivity index (χ3n) is 4.37. The predicted molar refractivity (Wildman–Crippen MR) is 86.6 cm³/mol. The summed E-state index contributed by atoms with van der Waals surface area (Å²) in [6.07, 6.45) is 8.33. The van der Waals surface area contributed by atoms with Crippen LogP contribution in [0, 0.1) is 5.92 Å². The molecular formula is C17H35NO3. The minimum Gasteiger partial charge on any atom is -0.389 e. The van der Waals surface area contributed by atoms with Crippen molar-refractivity contribution in [2.75, 3.05) is 33.0 Å². The molecule has 0 aromatic heterocycles. The molecule has 0 spiro atoms. The lowest BCUT2D eigenvalue weighted by Gasteiger charge is -2.32. The van der Waals surface area contributed by atoms with Crippen molar-refractivity contribution in [1.29, 1.82) is 0 Å². The summed E-state index contributed by atoms with van der Waals surface area (Å²) in [4.78, 5) is 0. The van der Waals surface area contributed by atoms with E-state index in [-0.39, 0.29) is 0 Å². The van der Waals surface area contributed by atoms with E-state index in [9.17, 15) is 5.11 Å². The fourth-order valence-corrected chi connectivity index (χ4v) is 3.00. The van der Waals surface area contributed by atoms with E-state index in [2.05, 4.69) is 19.2 Å². The molecule has 0 aliphatic heterocycles. The zero-order valence-corrected chi connectivity index (χ0v) is 14.0. The molecule has 1 aliphatic carbocycles. The van der Waals surface area contributed by atoms with Crippen molar-refractivity contribution in [3.05, 3.63) is 0 Å². The number of aliphatic hydroxyl groups excluding tert-OH is 1. The molecule has 0 heterocycles. The van der Waals surface area contributed by atoms with Crippen LogP contribution < -0.4 is 5.32 Å². The van der Waals surface area contributed by atoms with Gasteiger partial charge in [-0.05, 0) is 25.2 Å². The molecule has 4 nitrogen and oxygen atoms in total. The van der Waals surface area contributed by atoms with E-state index in [1.165, 1.54) is 32.1 Å². The number of rotatable bonds is 12. The quantitative estimate of drug-likeness (QED) is 0.544. The minimum absolute atomic E-state index is 0.396. The summed E-state index contributed by atoms with van der Waals surface area (Å²) in [5.41, 5.74) is 0. The van der Waals surface area contributed by atoms with Crippen LogP contribution in [-0.2, 0) is 9.47 Å². The van der Waals surface area contributed by atoms with Gasteiger partial charge in [0.05, 0.1) is 25.9 Å². The maximum Gasteiger partial charge on any atom is 0.0897 e. The monoisotopic (exact) mass is 301 g/mol. The first-order valence-corrected chi connectivity index (χ1v) is 8.84. The Bertz CT molecular complexity index is 238. The second-order valence-electron chi connectivity index (χ2n) is 6.16. The highest BCUT2D eigenvalue weighted by atomic mass is 16.5. The smallest absolute Gasteiger partial charge is 0.0897 e. The zero-order valence-electron chi connectivity index (χ0n) is 14.0. The van der Waals surface area contributed by atoms with E-state index in [4.69, 9.17) is 9.47 Å². The largest absolute Gasteiger partial charge is 0.389 e. The molecule has 2 N–H and O–H groups in total. The van der Waals surface area contributed by atoms with E-state index >= 15 is 0 Å². The van der Waals surface area contributed by atoms with E-state index in [0.717, 1.165) is 25.4 Å². The van der Waals surface area contributed by atoms with Gasteiger partial charge in [0.25, 0.3) is 0 Å². The van der Waals surface area contributed by atoms with Gasteiger partial charge in [0.15, 0.2) is 0 Å². The summed E-state index contributed by atoms with van der Waals surface area (Å²) < 4.78 is 10.9. The lowest BCUT2D eigenvalue weighted by molar-refractivity contribution is 0.00218. The van der Waals surface area contributed by atoms with Gasteiger partial charge in [0.1, 0.15) is 0 Å². The molecule has 0 amide bonds. The number of aliphatic hydroxyl groups is 1. The molecule has 1 rings (SSSR count). The van der Waals surface area contributed by atoms with Gasteiger partial charge in [0.2, 0.25) is 0 Å². The lowest BCUT2D eigenvalue weighted by atomic mass is 9.83. The SMILES string of the molecule is CCCCOCCOCC(O)CNC1CCCCC1CC. The second-order valence-corrected chi connectivity index (χ2v) is 6.16. The number of hydrogen-bond acceptors (Lipinski definition) is 4. The molecule has 3 unspecified atom stereocenters. The van der Waals surface area contributed by atoms with Crippen LogP contribution >= 0.6 is 0 Å². The fraction of sp³-hybridized carbons (Fsp3) is 1.00. The summed E-state index contributed by atoms with van der Waals surface area (Å²) in [6, 6.07) is 0.579. The second kappa shape index (κ2) is 12.4. The standard InChI is InChI=1S/C17H35NO3/c1-3-5-10-20-11-12-21-14-16(19)13-18-17-9-7-6-8-15(17)4-2/h15-19H,3-14H2,1-2H3. The number of hydrogen-bond donors (Lipinski definition) is 2. The number of nitrogens with one attached hydrogen (secondary N) is 1. The average Bonchev–Trinajstić information content (AvgIpc) is 2.52. The highest BCUT2D eigenvalue weighted by Gasteiger charge is 2.23. The summed E-state index contributed by atoms with van der Waals surface area (Å²) in [5, 5.41) is 13.5. The van der Waals surface area contributed by atoms with Gasteiger partial charge < -0.3 is 19.9 Å². The van der Waals surface area contributed by atoms with Gasteiger partial charge in [-0.3, -0.25) is 0 Å². The van der Waals surface area contributed by atoms with E-state index < -0.39 is 6.10 Å². The molecule has 0 aromatic rings. The van der Waals surface area contributed by atoms with Crippen molar-refractivity contribution in [3.8, 4) is 0 Å². The maximum absolute atomic E-state index is 9.95. The van der Waals surface area contributed by atoms with Crippen molar-refractivity contribution in [3.63, 3.8) is 0 Å². The zero-order chi connectivity index (χ0) is 15.3. The van der Waals surface area contributed by atoms with Crippen LogP contribution in [0.4, 0.5) is 0 Å². The molecule has 0 bridgehead atoms. The Morgan fingerprint density at radius 1 is 1.10 bits per heavy atom. The molecule has 0 aromatic carbocycles. The van der Waals surface area contributed by atoms with Crippen LogP contribution in [0.5, 0.6) is 0 Å². The van der Waals surface area contributed by atoms with Crippen molar-refractivity contribution in [1.82, 2.24) is 5.32 Å². The van der Waals surface area contributed by atoms with Crippen molar-refractivity contribution < 1.29 is 14.6 Å². The highest BCUT2D eigenvalue weighted by molar-refractivity contribution is 4.80. The molecule has 0 saturated heterocycles. The molecule has 1 aliphatic rings. The number of unbranched alkanes of at least 4 members (excludes halogenated alkanes) is 1. The average molecular weight is 301 g/mol. The van der Waals surface area contributed by atoms with Gasteiger partial charge in [0, 0.05) is 19.2 Å². The Labute approximate surface area is 130 Å². The van der Waals surface area contributed by atoms with Crippen molar-refractivity contribution in [2.45, 2.75) is 70.9 Å². The molecular weight excluding hydrogens is 266 g/mol. The van der Waals surface area contributed by atoms with Crippen LogP contribution in [0.15, 0.2) is 0 Å². The van der Waals surface area contributed by atoms with E-state index in [1.807, 2.05) is 0 Å². The Hall–Kier alpha value is -0.160. The fourth-order valence-electron chi connectivity index (χ4n) is 3.00. The highest BCUT2D eigenvalue weighted by Crippen LogP contribution is 2.26. The molecule has 1 fully saturated rings. The van der Waals surface area contributed by atoms with Crippen LogP contribution in [0.3, 0.4) is 0 Å². The van der Waals surface area contributed by atoms with Gasteiger partial charge in [-0.15, -0.1) is 0 Å². The van der Waals surface area contributed by atoms with Gasteiger partial charge in [-0.2, -0.15) is 0 Å². The summed E-state index contributed by atoms with van der Waals surface area (Å²) >= 11 is 0. The molecule has 21 heavy (non-hydrogen) atoms. The Morgan fingerprint density at radius 2 is 1.86 bits per heavy atom. The van der Waals surface area contributed by atoms with Gasteiger partial charge in [-0.25, -0.2) is 0 Å². The molecule has 0 radical (unpaired) electrons. The Morgan fingerprint density at radius 3 is 2.62 bits per heavy atom. The topological polar surface area (TPSA) is 50.7 Å². The van der Waals surface area contributed by atoms with Gasteiger partial charge in [-0.1, -0.05) is 39.5 Å². The minimum atomic E-state index is -0.417. The summed E-state index contributed by atoms with van der Waals surface area (Å²) in [5.74, 6) is 0.777. The van der Waals surface area contributed by atoms with E-state index in [0.29, 0.717) is 32.4 Å². The summed E-state index contributed by atoms with van der Waals surface area (Å²) in [6.45, 7) is 7.46. The van der Waals surface area contributed by atoms with Crippen LogP contribution in [0.25, 0.3) is 0 Å². The molecule has 3 atom stereocenters. The van der Waals surface area contributed by atoms with Crippen LogP contribution in [-0.4, -0.2) is 50.2 Å². The third-order valence-corrected chi connectivity index (χ3v) is 4.37. The van der Waals surface area contributed by atoms with Crippen molar-refractivity contribution >= 4 is 0 Å². The lowest BCUT2D eigenvalue weighted by Crippen LogP contribution is -2.43. The van der Waals surface area contributed by atoms with Crippen molar-refractivity contribution in [2.24, 2.45) is 5.92 Å². The first-order valence-electron chi connectivity index (χ1n) is 8.84. The molecule has 4 heteroatoms. The maximum atomic E-state index is 9.95. The number of ether oxygens (including phenoxy) is 2. The van der Waals surface area contributed by atoms with E-state index in [1.54, 1.807) is 0 Å². The molecule has 126 valence electrons. The first kappa shape index (κ1) is 18.9. The predicted octanol–water partition coefficient (Wildman–Crippen LogP) is 2.74. The summed E-state index contributed by atoms with van der Waals surface area (Å²) in [7, 11) is 0. The Kier molecular flexibility index (Phi) is 11.1. The third kappa shape index (κ3) is 8.77. The van der Waals surface area contributed by atoms with Crippen LogP contribution in [0.2, 0.25) is 0 Å². The van der Waals surface area contributed by atoms with Crippen LogP contribution in [0.1, 0.15) is 58.8 Å². The normalized spacial score (nSPS) is 24.1.